The van der Waals surface area contributed by atoms with E-state index in [-0.39, 0.29) is 5.69 Å². The van der Waals surface area contributed by atoms with Crippen LogP contribution >= 0.6 is 0 Å². The molecule has 0 atom stereocenters. The third-order valence-electron chi connectivity index (χ3n) is 1.58. The van der Waals surface area contributed by atoms with Gasteiger partial charge in [-0.05, 0) is 6.42 Å². The van der Waals surface area contributed by atoms with Gasteiger partial charge in [0, 0.05) is 27.2 Å². The Morgan fingerprint density at radius 3 is 2.92 bits per heavy atom. The fourth-order valence-electron chi connectivity index (χ4n) is 0.952. The average Bonchev–Trinajstić information content (AvgIpc) is 2.32. The molecule has 0 aliphatic rings. The average molecular weight is 171 g/mol. The molecule has 1 aromatic heterocycles. The Kier molecular flexibility index (Phi) is 3.04. The number of hydrogen-bond acceptors (Lipinski definition) is 3. The first-order valence-corrected chi connectivity index (χ1v) is 3.85. The third-order valence-corrected chi connectivity index (χ3v) is 1.58. The molecule has 0 fully saturated rings. The van der Waals surface area contributed by atoms with E-state index < -0.39 is 0 Å². The van der Waals surface area contributed by atoms with Crippen LogP contribution in [0.3, 0.4) is 0 Å². The highest BCUT2D eigenvalue weighted by Crippen LogP contribution is 1.91. The minimum absolute atomic E-state index is 0.164. The number of nitrogens with one attached hydrogen (secondary N) is 1. The molecular weight excluding hydrogens is 158 g/mol. The first-order valence-electron chi connectivity index (χ1n) is 3.85. The Balaban J connectivity index is 2.47. The number of hydrogen-bond donors (Lipinski definition) is 1. The summed E-state index contributed by atoms with van der Waals surface area (Å²) < 4.78 is 6.17. The van der Waals surface area contributed by atoms with Gasteiger partial charge in [0.2, 0.25) is 0 Å². The van der Waals surface area contributed by atoms with E-state index in [1.54, 1.807) is 14.2 Å². The Hall–Kier alpha value is -1.10. The number of rotatable bonds is 4. The molecule has 0 saturated carbocycles. The van der Waals surface area contributed by atoms with Gasteiger partial charge in [-0.25, -0.2) is 9.48 Å². The summed E-state index contributed by atoms with van der Waals surface area (Å²) in [5, 5.41) is 3.98. The zero-order valence-corrected chi connectivity index (χ0v) is 7.33. The van der Waals surface area contributed by atoms with Gasteiger partial charge in [-0.1, -0.05) is 0 Å². The van der Waals surface area contributed by atoms with E-state index in [1.165, 1.54) is 4.68 Å². The van der Waals surface area contributed by atoms with Gasteiger partial charge in [-0.3, -0.25) is 4.98 Å². The number of aromatic nitrogens is 3. The van der Waals surface area contributed by atoms with E-state index >= 15 is 0 Å². The summed E-state index contributed by atoms with van der Waals surface area (Å²) in [5.41, 5.74) is -0.164. The van der Waals surface area contributed by atoms with Crippen molar-refractivity contribution in [3.63, 3.8) is 0 Å². The summed E-state index contributed by atoms with van der Waals surface area (Å²) in [6.45, 7) is 0.693. The molecule has 0 bridgehead atoms. The Morgan fingerprint density at radius 2 is 2.42 bits per heavy atom. The molecule has 0 spiro atoms. The number of H-pyrrole nitrogens is 1. The van der Waals surface area contributed by atoms with E-state index in [0.717, 1.165) is 18.7 Å². The van der Waals surface area contributed by atoms with Gasteiger partial charge < -0.3 is 4.74 Å². The number of methoxy groups -OCH3 is 1. The molecular formula is C7H13N3O2. The first-order chi connectivity index (χ1) is 5.74. The Bertz CT molecular complexity index is 289. The Morgan fingerprint density at radius 1 is 1.67 bits per heavy atom. The lowest BCUT2D eigenvalue weighted by Gasteiger charge is -1.94. The molecule has 1 rings (SSSR count). The molecule has 0 aliphatic carbocycles. The van der Waals surface area contributed by atoms with E-state index in [9.17, 15) is 4.79 Å². The van der Waals surface area contributed by atoms with Crippen molar-refractivity contribution in [3.8, 4) is 0 Å². The van der Waals surface area contributed by atoms with Crippen molar-refractivity contribution in [2.24, 2.45) is 7.05 Å². The lowest BCUT2D eigenvalue weighted by atomic mass is 10.3. The second-order valence-corrected chi connectivity index (χ2v) is 2.60. The van der Waals surface area contributed by atoms with Crippen LogP contribution in [0.2, 0.25) is 0 Å². The van der Waals surface area contributed by atoms with Gasteiger partial charge in [0.15, 0.2) is 0 Å². The Labute approximate surface area is 70.4 Å². The second-order valence-electron chi connectivity index (χ2n) is 2.60. The summed E-state index contributed by atoms with van der Waals surface area (Å²) in [6, 6.07) is 0. The van der Waals surface area contributed by atoms with Crippen LogP contribution in [-0.2, 0) is 18.2 Å². The molecule has 1 heterocycles. The quantitative estimate of drug-likeness (QED) is 0.632. The molecule has 0 aromatic carbocycles. The fourth-order valence-corrected chi connectivity index (χ4v) is 0.952. The number of aryl methyl sites for hydroxylation is 2. The topological polar surface area (TPSA) is 59.9 Å². The summed E-state index contributed by atoms with van der Waals surface area (Å²) in [5.74, 6) is 0.722. The van der Waals surface area contributed by atoms with Crippen LogP contribution in [0.5, 0.6) is 0 Å². The zero-order chi connectivity index (χ0) is 8.97. The van der Waals surface area contributed by atoms with Crippen LogP contribution in [0, 0.1) is 0 Å². The number of ether oxygens (including phenoxy) is 1. The van der Waals surface area contributed by atoms with Crippen LogP contribution in [0.25, 0.3) is 0 Å². The van der Waals surface area contributed by atoms with Gasteiger partial charge in [0.25, 0.3) is 0 Å². The lowest BCUT2D eigenvalue weighted by Crippen LogP contribution is -2.13. The van der Waals surface area contributed by atoms with Gasteiger partial charge in [-0.15, -0.1) is 0 Å². The van der Waals surface area contributed by atoms with Gasteiger partial charge in [0.05, 0.1) is 0 Å². The maximum absolute atomic E-state index is 10.9. The SMILES string of the molecule is COCCCc1nn(C)c(=O)[nH]1. The first kappa shape index (κ1) is 8.99. The van der Waals surface area contributed by atoms with Crippen LogP contribution in [0.4, 0.5) is 0 Å². The summed E-state index contributed by atoms with van der Waals surface area (Å²) in [6.07, 6.45) is 1.63. The summed E-state index contributed by atoms with van der Waals surface area (Å²) in [4.78, 5) is 13.5. The molecule has 0 unspecified atom stereocenters. The highest BCUT2D eigenvalue weighted by atomic mass is 16.5. The van der Waals surface area contributed by atoms with E-state index in [0.29, 0.717) is 6.61 Å². The molecule has 1 aromatic rings. The molecule has 12 heavy (non-hydrogen) atoms. The molecule has 5 nitrogen and oxygen atoms in total. The van der Waals surface area contributed by atoms with Crippen molar-refractivity contribution in [3.05, 3.63) is 16.3 Å². The number of nitrogens with zero attached hydrogens (tertiary/aromatic N) is 2. The second kappa shape index (κ2) is 4.06. The van der Waals surface area contributed by atoms with Gasteiger partial charge >= 0.3 is 5.69 Å². The van der Waals surface area contributed by atoms with Crippen LogP contribution in [0.15, 0.2) is 4.79 Å². The van der Waals surface area contributed by atoms with Gasteiger partial charge in [-0.2, -0.15) is 5.10 Å². The van der Waals surface area contributed by atoms with Gasteiger partial charge in [0.1, 0.15) is 5.82 Å². The van der Waals surface area contributed by atoms with Crippen molar-refractivity contribution in [1.82, 2.24) is 14.8 Å². The third kappa shape index (κ3) is 2.20. The zero-order valence-electron chi connectivity index (χ0n) is 7.33. The lowest BCUT2D eigenvalue weighted by molar-refractivity contribution is 0.194. The molecule has 0 saturated heterocycles. The van der Waals surface area contributed by atoms with E-state index in [4.69, 9.17) is 4.74 Å². The maximum atomic E-state index is 10.9. The van der Waals surface area contributed by atoms with Crippen molar-refractivity contribution in [2.75, 3.05) is 13.7 Å². The molecule has 0 radical (unpaired) electrons. The number of aromatic amines is 1. The van der Waals surface area contributed by atoms with Crippen molar-refractivity contribution >= 4 is 0 Å². The van der Waals surface area contributed by atoms with Crippen molar-refractivity contribution in [1.29, 1.82) is 0 Å². The molecule has 68 valence electrons. The normalized spacial score (nSPS) is 10.5. The minimum Gasteiger partial charge on any atom is -0.385 e. The van der Waals surface area contributed by atoms with Crippen LogP contribution in [0.1, 0.15) is 12.2 Å². The van der Waals surface area contributed by atoms with Crippen molar-refractivity contribution < 1.29 is 4.74 Å². The highest BCUT2D eigenvalue weighted by Gasteiger charge is 1.99. The molecule has 0 aliphatic heterocycles. The molecule has 1 N–H and O–H groups in total. The summed E-state index contributed by atoms with van der Waals surface area (Å²) in [7, 11) is 3.28. The van der Waals surface area contributed by atoms with E-state index in [2.05, 4.69) is 10.1 Å². The highest BCUT2D eigenvalue weighted by molar-refractivity contribution is 4.81. The van der Waals surface area contributed by atoms with E-state index in [1.807, 2.05) is 0 Å². The molecule has 5 heteroatoms. The van der Waals surface area contributed by atoms with Crippen LogP contribution < -0.4 is 5.69 Å². The maximum Gasteiger partial charge on any atom is 0.342 e. The smallest absolute Gasteiger partial charge is 0.342 e. The molecule has 0 amide bonds. The monoisotopic (exact) mass is 171 g/mol. The predicted molar refractivity (Wildman–Crippen MR) is 44.0 cm³/mol. The van der Waals surface area contributed by atoms with Crippen LogP contribution in [-0.4, -0.2) is 28.5 Å². The largest absolute Gasteiger partial charge is 0.385 e. The standard InChI is InChI=1S/C7H13N3O2/c1-10-7(11)8-6(9-10)4-3-5-12-2/h3-5H2,1-2H3,(H,8,9,11). The fraction of sp³-hybridized carbons (Fsp3) is 0.714. The van der Waals surface area contributed by atoms with Crippen molar-refractivity contribution in [2.45, 2.75) is 12.8 Å². The predicted octanol–water partition coefficient (Wildman–Crippen LogP) is -0.313. The minimum atomic E-state index is -0.164. The summed E-state index contributed by atoms with van der Waals surface area (Å²) >= 11 is 0.